The Balaban J connectivity index is 1.93. The van der Waals surface area contributed by atoms with E-state index in [2.05, 4.69) is 43.6 Å². The number of hydrogen-bond donors (Lipinski definition) is 3. The standard InChI is InChI=1S/C19H29N3O2/c1-13(14-9-7-6-8-10-14)20-16(23)17(24)21-15-11-18(2,3)22-19(4,5)12-15/h6-10,13,15,22H,11-12H2,1-5H3,(H,20,23)(H,21,24)/t13-/m1/s1. The highest BCUT2D eigenvalue weighted by atomic mass is 16.2. The molecule has 0 aliphatic carbocycles. The van der Waals surface area contributed by atoms with Gasteiger partial charge in [-0.2, -0.15) is 0 Å². The van der Waals surface area contributed by atoms with Crippen molar-refractivity contribution in [3.8, 4) is 0 Å². The summed E-state index contributed by atoms with van der Waals surface area (Å²) in [6.45, 7) is 10.3. The molecule has 0 spiro atoms. The first-order valence-electron chi connectivity index (χ1n) is 8.54. The number of hydrogen-bond acceptors (Lipinski definition) is 3. The van der Waals surface area contributed by atoms with Crippen LogP contribution in [0.4, 0.5) is 0 Å². The van der Waals surface area contributed by atoms with E-state index >= 15 is 0 Å². The largest absolute Gasteiger partial charge is 0.345 e. The second kappa shape index (κ2) is 6.93. The first kappa shape index (κ1) is 18.5. The maximum absolute atomic E-state index is 12.3. The molecular formula is C19H29N3O2. The average molecular weight is 331 g/mol. The third-order valence-corrected chi connectivity index (χ3v) is 4.38. The zero-order chi connectivity index (χ0) is 18.0. The van der Waals surface area contributed by atoms with Gasteiger partial charge in [0.05, 0.1) is 6.04 Å². The van der Waals surface area contributed by atoms with Gasteiger partial charge in [-0.05, 0) is 53.0 Å². The second-order valence-electron chi connectivity index (χ2n) is 8.08. The molecule has 24 heavy (non-hydrogen) atoms. The summed E-state index contributed by atoms with van der Waals surface area (Å²) in [5, 5.41) is 9.22. The van der Waals surface area contributed by atoms with Crippen LogP contribution in [0.3, 0.4) is 0 Å². The van der Waals surface area contributed by atoms with Gasteiger partial charge in [0.2, 0.25) is 0 Å². The van der Waals surface area contributed by atoms with Crippen LogP contribution in [-0.4, -0.2) is 28.9 Å². The van der Waals surface area contributed by atoms with Crippen molar-refractivity contribution >= 4 is 11.8 Å². The topological polar surface area (TPSA) is 70.2 Å². The van der Waals surface area contributed by atoms with E-state index in [1.807, 2.05) is 37.3 Å². The van der Waals surface area contributed by atoms with Crippen molar-refractivity contribution in [2.24, 2.45) is 0 Å². The van der Waals surface area contributed by atoms with Crippen LogP contribution in [0.5, 0.6) is 0 Å². The zero-order valence-electron chi connectivity index (χ0n) is 15.3. The lowest BCUT2D eigenvalue weighted by molar-refractivity contribution is -0.140. The molecule has 3 N–H and O–H groups in total. The Bertz CT molecular complexity index is 580. The smallest absolute Gasteiger partial charge is 0.309 e. The number of benzene rings is 1. The summed E-state index contributed by atoms with van der Waals surface area (Å²) in [6.07, 6.45) is 1.59. The van der Waals surface area contributed by atoms with Crippen molar-refractivity contribution < 1.29 is 9.59 Å². The number of carbonyl (C=O) groups excluding carboxylic acids is 2. The molecule has 5 nitrogen and oxygen atoms in total. The summed E-state index contributed by atoms with van der Waals surface area (Å²) < 4.78 is 0. The summed E-state index contributed by atoms with van der Waals surface area (Å²) in [6, 6.07) is 9.40. The van der Waals surface area contributed by atoms with Crippen LogP contribution in [0.1, 0.15) is 59.1 Å². The molecule has 0 saturated carbocycles. The molecule has 2 amide bonds. The van der Waals surface area contributed by atoms with Crippen LogP contribution in [0.2, 0.25) is 0 Å². The van der Waals surface area contributed by atoms with E-state index in [-0.39, 0.29) is 23.2 Å². The van der Waals surface area contributed by atoms with Crippen molar-refractivity contribution in [1.82, 2.24) is 16.0 Å². The lowest BCUT2D eigenvalue weighted by Crippen LogP contribution is -2.62. The fourth-order valence-corrected chi connectivity index (χ4v) is 3.76. The lowest BCUT2D eigenvalue weighted by atomic mass is 9.79. The van der Waals surface area contributed by atoms with Crippen LogP contribution in [-0.2, 0) is 9.59 Å². The molecule has 1 aliphatic heterocycles. The van der Waals surface area contributed by atoms with Gasteiger partial charge >= 0.3 is 11.8 Å². The van der Waals surface area contributed by atoms with E-state index in [1.165, 1.54) is 0 Å². The van der Waals surface area contributed by atoms with Crippen molar-refractivity contribution in [3.05, 3.63) is 35.9 Å². The summed E-state index contributed by atoms with van der Waals surface area (Å²) in [5.41, 5.74) is 0.823. The molecule has 0 unspecified atom stereocenters. The van der Waals surface area contributed by atoms with Crippen molar-refractivity contribution in [2.75, 3.05) is 0 Å². The van der Waals surface area contributed by atoms with Gasteiger partial charge in [0.1, 0.15) is 0 Å². The third-order valence-electron chi connectivity index (χ3n) is 4.38. The third kappa shape index (κ3) is 5.06. The molecule has 1 saturated heterocycles. The van der Waals surface area contributed by atoms with Crippen LogP contribution in [0.15, 0.2) is 30.3 Å². The Morgan fingerprint density at radius 3 is 2.12 bits per heavy atom. The first-order chi connectivity index (χ1) is 11.1. The van der Waals surface area contributed by atoms with Gasteiger partial charge in [-0.15, -0.1) is 0 Å². The SMILES string of the molecule is C[C@@H](NC(=O)C(=O)NC1CC(C)(C)NC(C)(C)C1)c1ccccc1. The highest BCUT2D eigenvalue weighted by molar-refractivity contribution is 6.35. The van der Waals surface area contributed by atoms with E-state index in [9.17, 15) is 9.59 Å². The van der Waals surface area contributed by atoms with Gasteiger partial charge < -0.3 is 16.0 Å². The fourth-order valence-electron chi connectivity index (χ4n) is 3.76. The summed E-state index contributed by atoms with van der Waals surface area (Å²) >= 11 is 0. The van der Waals surface area contributed by atoms with Crippen molar-refractivity contribution in [2.45, 2.75) is 70.6 Å². The Kier molecular flexibility index (Phi) is 5.33. The fraction of sp³-hybridized carbons (Fsp3) is 0.579. The van der Waals surface area contributed by atoms with Crippen LogP contribution in [0.25, 0.3) is 0 Å². The highest BCUT2D eigenvalue weighted by Crippen LogP contribution is 2.28. The minimum Gasteiger partial charge on any atom is -0.345 e. The van der Waals surface area contributed by atoms with E-state index in [1.54, 1.807) is 0 Å². The molecule has 2 rings (SSSR count). The van der Waals surface area contributed by atoms with Crippen molar-refractivity contribution in [3.63, 3.8) is 0 Å². The summed E-state index contributed by atoms with van der Waals surface area (Å²) in [4.78, 5) is 24.4. The number of carbonyl (C=O) groups is 2. The van der Waals surface area contributed by atoms with Gasteiger partial charge in [0, 0.05) is 17.1 Å². The van der Waals surface area contributed by atoms with Crippen molar-refractivity contribution in [1.29, 1.82) is 0 Å². The number of rotatable bonds is 3. The molecule has 132 valence electrons. The molecular weight excluding hydrogens is 302 g/mol. The summed E-state index contributed by atoms with van der Waals surface area (Å²) in [7, 11) is 0. The normalized spacial score (nSPS) is 20.9. The Morgan fingerprint density at radius 2 is 1.58 bits per heavy atom. The molecule has 1 fully saturated rings. The highest BCUT2D eigenvalue weighted by Gasteiger charge is 2.38. The van der Waals surface area contributed by atoms with Gasteiger partial charge in [-0.25, -0.2) is 0 Å². The quantitative estimate of drug-likeness (QED) is 0.744. The second-order valence-corrected chi connectivity index (χ2v) is 8.08. The monoisotopic (exact) mass is 331 g/mol. The van der Waals surface area contributed by atoms with E-state index in [0.717, 1.165) is 18.4 Å². The minimum atomic E-state index is -0.583. The Labute approximate surface area is 144 Å². The lowest BCUT2D eigenvalue weighted by Gasteiger charge is -2.46. The molecule has 1 atom stereocenters. The van der Waals surface area contributed by atoms with E-state index in [4.69, 9.17) is 0 Å². The van der Waals surface area contributed by atoms with Crippen LogP contribution < -0.4 is 16.0 Å². The average Bonchev–Trinajstić information content (AvgIpc) is 2.44. The molecule has 0 bridgehead atoms. The van der Waals surface area contributed by atoms with Gasteiger partial charge in [0.15, 0.2) is 0 Å². The molecule has 1 aromatic carbocycles. The molecule has 1 aromatic rings. The molecule has 0 radical (unpaired) electrons. The Morgan fingerprint density at radius 1 is 1.04 bits per heavy atom. The molecule has 5 heteroatoms. The maximum atomic E-state index is 12.3. The number of piperidine rings is 1. The maximum Gasteiger partial charge on any atom is 0.309 e. The van der Waals surface area contributed by atoms with E-state index < -0.39 is 11.8 Å². The molecule has 1 aliphatic rings. The van der Waals surface area contributed by atoms with Gasteiger partial charge in [0.25, 0.3) is 0 Å². The van der Waals surface area contributed by atoms with Crippen LogP contribution in [0, 0.1) is 0 Å². The molecule has 0 aromatic heterocycles. The van der Waals surface area contributed by atoms with Gasteiger partial charge in [-0.3, -0.25) is 9.59 Å². The van der Waals surface area contributed by atoms with Gasteiger partial charge in [-0.1, -0.05) is 30.3 Å². The number of amides is 2. The predicted molar refractivity (Wildman–Crippen MR) is 95.5 cm³/mol. The molecule has 1 heterocycles. The predicted octanol–water partition coefficient (Wildman–Crippen LogP) is 2.29. The van der Waals surface area contributed by atoms with E-state index in [0.29, 0.717) is 0 Å². The first-order valence-corrected chi connectivity index (χ1v) is 8.54. The number of nitrogens with one attached hydrogen (secondary N) is 3. The summed E-state index contributed by atoms with van der Waals surface area (Å²) in [5.74, 6) is -1.14. The minimum absolute atomic E-state index is 0.0125. The zero-order valence-corrected chi connectivity index (χ0v) is 15.3. The Hall–Kier alpha value is -1.88. The van der Waals surface area contributed by atoms with Crippen LogP contribution >= 0.6 is 0 Å².